The normalized spacial score (nSPS) is 20.8. The van der Waals surface area contributed by atoms with Crippen molar-refractivity contribution in [2.45, 2.75) is 39.9 Å². The fourth-order valence-corrected chi connectivity index (χ4v) is 3.06. The molecule has 0 bridgehead atoms. The van der Waals surface area contributed by atoms with Gasteiger partial charge in [-0.2, -0.15) is 0 Å². The first-order chi connectivity index (χ1) is 12.3. The molecule has 0 unspecified atom stereocenters. The van der Waals surface area contributed by atoms with Crippen molar-refractivity contribution in [2.24, 2.45) is 5.41 Å². The number of aromatic amines is 1. The summed E-state index contributed by atoms with van der Waals surface area (Å²) >= 11 is 0. The highest BCUT2D eigenvalue weighted by atomic mass is 16.5. The van der Waals surface area contributed by atoms with Crippen LogP contribution in [0.2, 0.25) is 0 Å². The van der Waals surface area contributed by atoms with E-state index < -0.39 is 5.56 Å². The minimum Gasteiger partial charge on any atom is -0.366 e. The van der Waals surface area contributed by atoms with E-state index in [0.717, 1.165) is 5.56 Å². The van der Waals surface area contributed by atoms with E-state index in [4.69, 9.17) is 4.74 Å². The maximum Gasteiger partial charge on any atom is 0.263 e. The number of benzene rings is 1. The van der Waals surface area contributed by atoms with Crippen LogP contribution in [-0.4, -0.2) is 40.0 Å². The molecule has 1 fully saturated rings. The Morgan fingerprint density at radius 1 is 1.23 bits per heavy atom. The van der Waals surface area contributed by atoms with Crippen molar-refractivity contribution in [3.05, 3.63) is 63.8 Å². The lowest BCUT2D eigenvalue weighted by atomic mass is 9.87. The summed E-state index contributed by atoms with van der Waals surface area (Å²) in [6, 6.07) is 9.87. The first-order valence-corrected chi connectivity index (χ1v) is 8.81. The van der Waals surface area contributed by atoms with Gasteiger partial charge in [-0.05, 0) is 17.9 Å². The second kappa shape index (κ2) is 7.03. The van der Waals surface area contributed by atoms with E-state index in [1.807, 2.05) is 30.3 Å². The fraction of sp³-hybridized carbons (Fsp3) is 0.450. The van der Waals surface area contributed by atoms with Gasteiger partial charge in [0.15, 0.2) is 0 Å². The Hall–Kier alpha value is -2.47. The van der Waals surface area contributed by atoms with Crippen molar-refractivity contribution in [2.75, 3.05) is 13.1 Å². The van der Waals surface area contributed by atoms with Gasteiger partial charge >= 0.3 is 0 Å². The molecule has 1 N–H and O–H groups in total. The highest BCUT2D eigenvalue weighted by molar-refractivity contribution is 5.93. The molecule has 138 valence electrons. The van der Waals surface area contributed by atoms with Crippen molar-refractivity contribution >= 4 is 5.91 Å². The summed E-state index contributed by atoms with van der Waals surface area (Å²) in [7, 11) is 0. The minimum atomic E-state index is -0.405. The number of carbonyl (C=O) groups excluding carboxylic acids is 1. The molecule has 3 rings (SSSR count). The number of aromatic nitrogens is 2. The largest absolute Gasteiger partial charge is 0.366 e. The fourth-order valence-electron chi connectivity index (χ4n) is 3.06. The van der Waals surface area contributed by atoms with E-state index in [2.05, 4.69) is 30.7 Å². The minimum absolute atomic E-state index is 0.0666. The molecule has 6 heteroatoms. The number of carbonyl (C=O) groups is 1. The lowest BCUT2D eigenvalue weighted by Gasteiger charge is -2.43. The van der Waals surface area contributed by atoms with Crippen LogP contribution < -0.4 is 5.56 Å². The second-order valence-electron chi connectivity index (χ2n) is 7.81. The van der Waals surface area contributed by atoms with Crippen molar-refractivity contribution in [3.8, 4) is 0 Å². The van der Waals surface area contributed by atoms with Crippen LogP contribution in [0.1, 0.15) is 48.6 Å². The van der Waals surface area contributed by atoms with E-state index in [0.29, 0.717) is 18.9 Å². The highest BCUT2D eigenvalue weighted by Gasteiger charge is 2.38. The number of ether oxygens (including phenoxy) is 1. The van der Waals surface area contributed by atoms with Crippen LogP contribution in [-0.2, 0) is 4.74 Å². The number of rotatable bonds is 2. The van der Waals surface area contributed by atoms with Gasteiger partial charge in [-0.1, -0.05) is 51.1 Å². The van der Waals surface area contributed by atoms with Crippen LogP contribution in [0, 0.1) is 12.3 Å². The molecule has 0 radical (unpaired) electrons. The number of hydrogen-bond acceptors (Lipinski definition) is 4. The molecule has 0 spiro atoms. The molecule has 26 heavy (non-hydrogen) atoms. The van der Waals surface area contributed by atoms with E-state index in [1.54, 1.807) is 11.8 Å². The monoisotopic (exact) mass is 355 g/mol. The molecule has 0 aliphatic carbocycles. The maximum absolute atomic E-state index is 13.0. The SMILES string of the molecule is Cc1ncc(C(=O)N2C[C@@H](c3ccccc3)O[C@@H](C(C)(C)C)C2)c(=O)[nH]1. The maximum atomic E-state index is 13.0. The number of nitrogens with zero attached hydrogens (tertiary/aromatic N) is 2. The molecule has 1 amide bonds. The van der Waals surface area contributed by atoms with Gasteiger partial charge in [-0.25, -0.2) is 4.98 Å². The van der Waals surface area contributed by atoms with Crippen molar-refractivity contribution in [3.63, 3.8) is 0 Å². The quantitative estimate of drug-likeness (QED) is 0.899. The van der Waals surface area contributed by atoms with Crippen LogP contribution in [0.15, 0.2) is 41.3 Å². The van der Waals surface area contributed by atoms with Gasteiger partial charge in [0.25, 0.3) is 11.5 Å². The highest BCUT2D eigenvalue weighted by Crippen LogP contribution is 2.33. The van der Waals surface area contributed by atoms with Crippen LogP contribution >= 0.6 is 0 Å². The molecule has 1 aromatic carbocycles. The first-order valence-electron chi connectivity index (χ1n) is 8.81. The van der Waals surface area contributed by atoms with E-state index >= 15 is 0 Å². The molecule has 1 aliphatic rings. The molecule has 2 atom stereocenters. The van der Waals surface area contributed by atoms with Gasteiger partial charge in [-0.3, -0.25) is 9.59 Å². The third-order valence-electron chi connectivity index (χ3n) is 4.68. The zero-order valence-corrected chi connectivity index (χ0v) is 15.7. The Bertz CT molecular complexity index is 839. The van der Waals surface area contributed by atoms with E-state index in [9.17, 15) is 9.59 Å². The Balaban J connectivity index is 1.92. The predicted octanol–water partition coefficient (Wildman–Crippen LogP) is 2.71. The molecule has 6 nitrogen and oxygen atoms in total. The lowest BCUT2D eigenvalue weighted by molar-refractivity contribution is -0.119. The average molecular weight is 355 g/mol. The molecular formula is C20H25N3O3. The number of nitrogens with one attached hydrogen (secondary N) is 1. The van der Waals surface area contributed by atoms with Gasteiger partial charge in [0.05, 0.1) is 12.6 Å². The number of aryl methyl sites for hydroxylation is 1. The predicted molar refractivity (Wildman–Crippen MR) is 99.0 cm³/mol. The molecule has 1 saturated heterocycles. The smallest absolute Gasteiger partial charge is 0.263 e. The topological polar surface area (TPSA) is 75.3 Å². The lowest BCUT2D eigenvalue weighted by Crippen LogP contribution is -2.51. The summed E-state index contributed by atoms with van der Waals surface area (Å²) in [5, 5.41) is 0. The second-order valence-corrected chi connectivity index (χ2v) is 7.81. The van der Waals surface area contributed by atoms with Crippen LogP contribution in [0.5, 0.6) is 0 Å². The summed E-state index contributed by atoms with van der Waals surface area (Å²) in [5.41, 5.74) is 0.550. The van der Waals surface area contributed by atoms with Crippen molar-refractivity contribution < 1.29 is 9.53 Å². The zero-order chi connectivity index (χ0) is 18.9. The molecular weight excluding hydrogens is 330 g/mol. The summed E-state index contributed by atoms with van der Waals surface area (Å²) in [6.07, 6.45) is 0.994. The number of hydrogen-bond donors (Lipinski definition) is 1. The van der Waals surface area contributed by atoms with Gasteiger partial charge in [-0.15, -0.1) is 0 Å². The molecule has 2 aromatic rings. The Kier molecular flexibility index (Phi) is 4.96. The summed E-state index contributed by atoms with van der Waals surface area (Å²) in [6.45, 7) is 8.81. The zero-order valence-electron chi connectivity index (χ0n) is 15.7. The Morgan fingerprint density at radius 3 is 2.54 bits per heavy atom. The van der Waals surface area contributed by atoms with E-state index in [1.165, 1.54) is 6.20 Å². The molecule has 0 saturated carbocycles. The summed E-state index contributed by atoms with van der Waals surface area (Å²) < 4.78 is 6.31. The number of amides is 1. The van der Waals surface area contributed by atoms with Crippen LogP contribution in [0.4, 0.5) is 0 Å². The van der Waals surface area contributed by atoms with E-state index in [-0.39, 0.29) is 29.1 Å². The van der Waals surface area contributed by atoms with Gasteiger partial charge in [0.1, 0.15) is 17.5 Å². The Labute approximate surface area is 153 Å². The standard InChI is InChI=1S/C20H25N3O3/c1-13-21-10-15(18(24)22-13)19(25)23-11-16(14-8-6-5-7-9-14)26-17(12-23)20(2,3)4/h5-10,16-17H,11-12H2,1-4H3,(H,21,22,24)/t16-,17+/m0/s1. The summed E-state index contributed by atoms with van der Waals surface area (Å²) in [5.74, 6) is 0.181. The first kappa shape index (κ1) is 18.3. The third kappa shape index (κ3) is 3.85. The van der Waals surface area contributed by atoms with Gasteiger partial charge in [0.2, 0.25) is 0 Å². The van der Waals surface area contributed by atoms with Crippen molar-refractivity contribution in [1.82, 2.24) is 14.9 Å². The number of morpholine rings is 1. The molecule has 1 aromatic heterocycles. The van der Waals surface area contributed by atoms with Crippen molar-refractivity contribution in [1.29, 1.82) is 0 Å². The van der Waals surface area contributed by atoms with Crippen LogP contribution in [0.3, 0.4) is 0 Å². The number of H-pyrrole nitrogens is 1. The molecule has 2 heterocycles. The Morgan fingerprint density at radius 2 is 1.92 bits per heavy atom. The van der Waals surface area contributed by atoms with Gasteiger partial charge in [0, 0.05) is 12.7 Å². The summed E-state index contributed by atoms with van der Waals surface area (Å²) in [4.78, 5) is 33.5. The van der Waals surface area contributed by atoms with Gasteiger partial charge < -0.3 is 14.6 Å². The third-order valence-corrected chi connectivity index (χ3v) is 4.68. The molecule has 1 aliphatic heterocycles. The average Bonchev–Trinajstić information content (AvgIpc) is 2.61. The van der Waals surface area contributed by atoms with Crippen LogP contribution in [0.25, 0.3) is 0 Å².